The fourth-order valence-corrected chi connectivity index (χ4v) is 2.73. The van der Waals surface area contributed by atoms with Gasteiger partial charge in [-0.2, -0.15) is 0 Å². The molecule has 2 aromatic carbocycles. The van der Waals surface area contributed by atoms with Gasteiger partial charge < -0.3 is 15.4 Å². The van der Waals surface area contributed by atoms with Crippen LogP contribution in [-0.4, -0.2) is 23.2 Å². The van der Waals surface area contributed by atoms with Crippen molar-refractivity contribution in [2.24, 2.45) is 0 Å². The fraction of sp³-hybridized carbons (Fsp3) is 0.261. The first-order valence-corrected chi connectivity index (χ1v) is 9.47. The lowest BCUT2D eigenvalue weighted by Gasteiger charge is -2.19. The summed E-state index contributed by atoms with van der Waals surface area (Å²) in [6.45, 7) is 7.06. The van der Waals surface area contributed by atoms with Gasteiger partial charge in [0.15, 0.2) is 5.69 Å². The Bertz CT molecular complexity index is 944. The number of carbonyl (C=O) groups excluding carboxylic acids is 1. The van der Waals surface area contributed by atoms with Crippen LogP contribution in [0.15, 0.2) is 60.7 Å². The monoisotopic (exact) mass is 390 g/mol. The Morgan fingerprint density at radius 3 is 2.17 bits per heavy atom. The summed E-state index contributed by atoms with van der Waals surface area (Å²) in [6.07, 6.45) is 0. The van der Waals surface area contributed by atoms with Crippen molar-refractivity contribution in [3.8, 4) is 5.75 Å². The highest BCUT2D eigenvalue weighted by Crippen LogP contribution is 2.23. The van der Waals surface area contributed by atoms with Crippen LogP contribution in [-0.2, 0) is 12.0 Å². The number of nitrogens with zero attached hydrogens (tertiary/aromatic N) is 2. The van der Waals surface area contributed by atoms with E-state index < -0.39 is 0 Å². The smallest absolute Gasteiger partial charge is 0.276 e. The largest absolute Gasteiger partial charge is 0.497 e. The topological polar surface area (TPSA) is 76.1 Å². The minimum atomic E-state index is -0.289. The van der Waals surface area contributed by atoms with Gasteiger partial charge in [-0.1, -0.05) is 45.0 Å². The fourth-order valence-electron chi connectivity index (χ4n) is 2.73. The van der Waals surface area contributed by atoms with Gasteiger partial charge in [0.2, 0.25) is 0 Å². The van der Waals surface area contributed by atoms with Crippen LogP contribution in [0.4, 0.5) is 11.5 Å². The summed E-state index contributed by atoms with van der Waals surface area (Å²) in [7, 11) is 1.64. The number of aromatic nitrogens is 2. The molecule has 0 unspecified atom stereocenters. The summed E-state index contributed by atoms with van der Waals surface area (Å²) in [4.78, 5) is 12.4. The van der Waals surface area contributed by atoms with E-state index in [9.17, 15) is 4.79 Å². The minimum Gasteiger partial charge on any atom is -0.497 e. The van der Waals surface area contributed by atoms with Gasteiger partial charge >= 0.3 is 0 Å². The average Bonchev–Trinajstić information content (AvgIpc) is 2.72. The number of nitrogens with one attached hydrogen (secondary N) is 2. The van der Waals surface area contributed by atoms with Crippen LogP contribution in [0.1, 0.15) is 42.4 Å². The standard InChI is InChI=1S/C23H26N4O2/c1-23(2,3)17-7-9-18(10-8-17)25-22(28)20-13-14-21(27-26-20)24-15-16-5-11-19(29-4)12-6-16/h5-14H,15H2,1-4H3,(H,24,27)(H,25,28). The SMILES string of the molecule is COc1ccc(CNc2ccc(C(=O)Nc3ccc(C(C)(C)C)cc3)nn2)cc1. The summed E-state index contributed by atoms with van der Waals surface area (Å²) < 4.78 is 5.15. The van der Waals surface area contributed by atoms with E-state index in [-0.39, 0.29) is 17.0 Å². The highest BCUT2D eigenvalue weighted by molar-refractivity contribution is 6.02. The van der Waals surface area contributed by atoms with E-state index in [2.05, 4.69) is 41.6 Å². The molecule has 0 aliphatic carbocycles. The zero-order chi connectivity index (χ0) is 20.9. The van der Waals surface area contributed by atoms with Gasteiger partial charge in [0.05, 0.1) is 7.11 Å². The van der Waals surface area contributed by atoms with Crippen molar-refractivity contribution in [1.29, 1.82) is 0 Å². The van der Waals surface area contributed by atoms with E-state index in [1.54, 1.807) is 19.2 Å². The summed E-state index contributed by atoms with van der Waals surface area (Å²) in [6, 6.07) is 19.0. The number of amides is 1. The van der Waals surface area contributed by atoms with Crippen molar-refractivity contribution >= 4 is 17.4 Å². The molecule has 150 valence electrons. The first kappa shape index (κ1) is 20.3. The Morgan fingerprint density at radius 1 is 0.931 bits per heavy atom. The van der Waals surface area contributed by atoms with E-state index in [0.717, 1.165) is 17.0 Å². The molecule has 1 amide bonds. The van der Waals surface area contributed by atoms with Crippen molar-refractivity contribution in [2.75, 3.05) is 17.7 Å². The highest BCUT2D eigenvalue weighted by Gasteiger charge is 2.14. The van der Waals surface area contributed by atoms with E-state index in [0.29, 0.717) is 12.4 Å². The molecule has 0 aliphatic heterocycles. The van der Waals surface area contributed by atoms with E-state index >= 15 is 0 Å². The maximum absolute atomic E-state index is 12.4. The van der Waals surface area contributed by atoms with Crippen LogP contribution < -0.4 is 15.4 Å². The van der Waals surface area contributed by atoms with Crippen LogP contribution in [0.3, 0.4) is 0 Å². The molecule has 1 heterocycles. The second-order valence-electron chi connectivity index (χ2n) is 7.79. The molecule has 29 heavy (non-hydrogen) atoms. The number of rotatable bonds is 6. The Kier molecular flexibility index (Phi) is 6.12. The first-order chi connectivity index (χ1) is 13.8. The molecule has 2 N–H and O–H groups in total. The molecule has 0 atom stereocenters. The number of hydrogen-bond acceptors (Lipinski definition) is 5. The van der Waals surface area contributed by atoms with Gasteiger partial charge in [-0.15, -0.1) is 10.2 Å². The number of hydrogen-bond donors (Lipinski definition) is 2. The summed E-state index contributed by atoms with van der Waals surface area (Å²) in [5.74, 6) is 1.13. The summed E-state index contributed by atoms with van der Waals surface area (Å²) >= 11 is 0. The van der Waals surface area contributed by atoms with Crippen molar-refractivity contribution in [3.05, 3.63) is 77.5 Å². The quantitative estimate of drug-likeness (QED) is 0.641. The maximum Gasteiger partial charge on any atom is 0.276 e. The number of methoxy groups -OCH3 is 1. The number of benzene rings is 2. The second-order valence-corrected chi connectivity index (χ2v) is 7.79. The average molecular weight is 390 g/mol. The molecular weight excluding hydrogens is 364 g/mol. The molecule has 0 saturated carbocycles. The molecule has 1 aromatic heterocycles. The summed E-state index contributed by atoms with van der Waals surface area (Å²) in [5, 5.41) is 14.2. The number of ether oxygens (including phenoxy) is 1. The lowest BCUT2D eigenvalue weighted by Crippen LogP contribution is -2.15. The molecule has 6 heteroatoms. The van der Waals surface area contributed by atoms with E-state index in [1.165, 1.54) is 5.56 Å². The molecule has 3 aromatic rings. The molecule has 0 bridgehead atoms. The van der Waals surface area contributed by atoms with Crippen LogP contribution in [0.2, 0.25) is 0 Å². The van der Waals surface area contributed by atoms with Gasteiger partial charge in [0.1, 0.15) is 11.6 Å². The third-order valence-electron chi connectivity index (χ3n) is 4.54. The zero-order valence-electron chi connectivity index (χ0n) is 17.2. The Balaban J connectivity index is 1.56. The zero-order valence-corrected chi connectivity index (χ0v) is 17.2. The van der Waals surface area contributed by atoms with Gasteiger partial charge in [-0.25, -0.2) is 0 Å². The molecule has 0 spiro atoms. The lowest BCUT2D eigenvalue weighted by atomic mass is 9.87. The third kappa shape index (κ3) is 5.54. The molecule has 3 rings (SSSR count). The number of anilines is 2. The first-order valence-electron chi connectivity index (χ1n) is 9.47. The van der Waals surface area contributed by atoms with Crippen LogP contribution >= 0.6 is 0 Å². The lowest BCUT2D eigenvalue weighted by molar-refractivity contribution is 0.102. The normalized spacial score (nSPS) is 11.0. The number of carbonyl (C=O) groups is 1. The van der Waals surface area contributed by atoms with Crippen molar-refractivity contribution < 1.29 is 9.53 Å². The molecule has 0 fully saturated rings. The van der Waals surface area contributed by atoms with Gasteiger partial charge in [-0.05, 0) is 52.9 Å². The maximum atomic E-state index is 12.4. The third-order valence-corrected chi connectivity index (χ3v) is 4.54. The van der Waals surface area contributed by atoms with Gasteiger partial charge in [-0.3, -0.25) is 4.79 Å². The summed E-state index contributed by atoms with van der Waals surface area (Å²) in [5.41, 5.74) is 3.37. The van der Waals surface area contributed by atoms with Gasteiger partial charge in [0, 0.05) is 12.2 Å². The predicted octanol–water partition coefficient (Wildman–Crippen LogP) is 4.65. The van der Waals surface area contributed by atoms with Gasteiger partial charge in [0.25, 0.3) is 5.91 Å². The molecule has 6 nitrogen and oxygen atoms in total. The van der Waals surface area contributed by atoms with Crippen molar-refractivity contribution in [1.82, 2.24) is 10.2 Å². The van der Waals surface area contributed by atoms with E-state index in [4.69, 9.17) is 4.74 Å². The Labute approximate surface area is 171 Å². The minimum absolute atomic E-state index is 0.0721. The Morgan fingerprint density at radius 2 is 1.62 bits per heavy atom. The highest BCUT2D eigenvalue weighted by atomic mass is 16.5. The predicted molar refractivity (Wildman–Crippen MR) is 115 cm³/mol. The van der Waals surface area contributed by atoms with Crippen LogP contribution in [0.5, 0.6) is 5.75 Å². The van der Waals surface area contributed by atoms with Crippen molar-refractivity contribution in [2.45, 2.75) is 32.7 Å². The van der Waals surface area contributed by atoms with E-state index in [1.807, 2.05) is 48.5 Å². The Hall–Kier alpha value is -3.41. The van der Waals surface area contributed by atoms with Crippen LogP contribution in [0, 0.1) is 0 Å². The van der Waals surface area contributed by atoms with Crippen LogP contribution in [0.25, 0.3) is 0 Å². The molecule has 0 aliphatic rings. The molecule has 0 radical (unpaired) electrons. The van der Waals surface area contributed by atoms with Crippen molar-refractivity contribution in [3.63, 3.8) is 0 Å². The molecular formula is C23H26N4O2. The molecule has 0 saturated heterocycles. The second kappa shape index (κ2) is 8.73.